The predicted octanol–water partition coefficient (Wildman–Crippen LogP) is 3.63. The van der Waals surface area contributed by atoms with E-state index in [1.165, 1.54) is 24.4 Å². The Morgan fingerprint density at radius 3 is 2.48 bits per heavy atom. The Balaban J connectivity index is 2.12. The Morgan fingerprint density at radius 1 is 1.28 bits per heavy atom. The number of nitrogens with zero attached hydrogens (tertiary/aromatic N) is 2. The van der Waals surface area contributed by atoms with Gasteiger partial charge in [0.2, 0.25) is 5.91 Å². The molecular formula is C19H22N2O3S. The highest BCUT2D eigenvalue weighted by Gasteiger charge is 2.46. The summed E-state index contributed by atoms with van der Waals surface area (Å²) in [6.45, 7) is 7.92. The van der Waals surface area contributed by atoms with Gasteiger partial charge >= 0.3 is 5.97 Å². The minimum Gasteiger partial charge on any atom is -0.466 e. The molecule has 2 aliphatic heterocycles. The number of carbonyl (C=O) groups excluding carboxylic acids is 2. The van der Waals surface area contributed by atoms with Crippen molar-refractivity contribution in [2.75, 3.05) is 7.11 Å². The molecule has 0 aromatic heterocycles. The molecule has 2 unspecified atom stereocenters. The minimum atomic E-state index is -0.494. The van der Waals surface area contributed by atoms with Crippen LogP contribution in [0.5, 0.6) is 0 Å². The lowest BCUT2D eigenvalue weighted by atomic mass is 9.92. The summed E-state index contributed by atoms with van der Waals surface area (Å²) in [5.74, 6) is -0.0648. The maximum absolute atomic E-state index is 12.7. The maximum atomic E-state index is 12.7. The van der Waals surface area contributed by atoms with Crippen LogP contribution in [0.15, 0.2) is 40.5 Å². The second-order valence-electron chi connectivity index (χ2n) is 6.58. The van der Waals surface area contributed by atoms with Crippen molar-refractivity contribution in [3.05, 3.63) is 46.7 Å². The molecule has 1 fully saturated rings. The van der Waals surface area contributed by atoms with Gasteiger partial charge in [-0.1, -0.05) is 49.9 Å². The van der Waals surface area contributed by atoms with E-state index in [1.54, 1.807) is 11.8 Å². The monoisotopic (exact) mass is 358 g/mol. The van der Waals surface area contributed by atoms with Crippen LogP contribution >= 0.6 is 11.8 Å². The molecule has 0 spiro atoms. The molecule has 0 saturated carbocycles. The fourth-order valence-electron chi connectivity index (χ4n) is 3.15. The zero-order valence-corrected chi connectivity index (χ0v) is 15.9. The average molecular weight is 358 g/mol. The number of esters is 1. The van der Waals surface area contributed by atoms with Crippen molar-refractivity contribution in [1.82, 2.24) is 4.90 Å². The lowest BCUT2D eigenvalue weighted by molar-refractivity contribution is -0.137. The van der Waals surface area contributed by atoms with Crippen LogP contribution in [0.25, 0.3) is 0 Å². The number of methoxy groups -OCH3 is 1. The summed E-state index contributed by atoms with van der Waals surface area (Å²) in [5.41, 5.74) is 3.13. The van der Waals surface area contributed by atoms with Gasteiger partial charge in [-0.2, -0.15) is 0 Å². The van der Waals surface area contributed by atoms with Crippen LogP contribution in [-0.4, -0.2) is 34.3 Å². The molecule has 2 aliphatic rings. The number of amidine groups is 1. The Kier molecular flexibility index (Phi) is 4.73. The van der Waals surface area contributed by atoms with E-state index >= 15 is 0 Å². The molecule has 25 heavy (non-hydrogen) atoms. The Hall–Kier alpha value is -2.08. The van der Waals surface area contributed by atoms with E-state index < -0.39 is 12.0 Å². The van der Waals surface area contributed by atoms with Gasteiger partial charge in [0, 0.05) is 0 Å². The van der Waals surface area contributed by atoms with Crippen molar-refractivity contribution in [2.24, 2.45) is 4.99 Å². The molecule has 1 amide bonds. The number of carbonyl (C=O) groups is 2. The quantitative estimate of drug-likeness (QED) is 0.774. The largest absolute Gasteiger partial charge is 0.466 e. The third-order valence-corrected chi connectivity index (χ3v) is 5.64. The summed E-state index contributed by atoms with van der Waals surface area (Å²) >= 11 is 1.43. The number of benzene rings is 1. The first kappa shape index (κ1) is 17.7. The van der Waals surface area contributed by atoms with E-state index in [-0.39, 0.29) is 11.2 Å². The summed E-state index contributed by atoms with van der Waals surface area (Å²) < 4.78 is 4.97. The van der Waals surface area contributed by atoms with Crippen LogP contribution in [0.2, 0.25) is 0 Å². The molecular weight excluding hydrogens is 336 g/mol. The number of hydrogen-bond acceptors (Lipinski definition) is 5. The smallest absolute Gasteiger partial charge is 0.338 e. The normalized spacial score (nSPS) is 23.0. The van der Waals surface area contributed by atoms with E-state index in [0.717, 1.165) is 5.56 Å². The number of fused-ring (bicyclic) bond motifs is 1. The molecule has 132 valence electrons. The van der Waals surface area contributed by atoms with Crippen molar-refractivity contribution in [2.45, 2.75) is 44.9 Å². The number of hydrogen-bond donors (Lipinski definition) is 0. The third-order valence-electron chi connectivity index (χ3n) is 4.58. The van der Waals surface area contributed by atoms with Gasteiger partial charge in [0.05, 0.1) is 29.7 Å². The van der Waals surface area contributed by atoms with Crippen LogP contribution in [0.1, 0.15) is 50.8 Å². The van der Waals surface area contributed by atoms with Gasteiger partial charge in [-0.25, -0.2) is 9.79 Å². The first-order valence-corrected chi connectivity index (χ1v) is 9.20. The highest BCUT2D eigenvalue weighted by atomic mass is 32.2. The summed E-state index contributed by atoms with van der Waals surface area (Å²) in [6.07, 6.45) is 0. The van der Waals surface area contributed by atoms with Crippen molar-refractivity contribution in [1.29, 1.82) is 0 Å². The first-order valence-electron chi connectivity index (χ1n) is 8.32. The molecule has 1 aromatic rings. The Morgan fingerprint density at radius 2 is 1.92 bits per heavy atom. The number of ether oxygens (including phenoxy) is 1. The van der Waals surface area contributed by atoms with Gasteiger partial charge in [-0.15, -0.1) is 0 Å². The molecule has 2 heterocycles. The second-order valence-corrected chi connectivity index (χ2v) is 7.89. The van der Waals surface area contributed by atoms with E-state index in [1.807, 2.05) is 31.2 Å². The third kappa shape index (κ3) is 2.99. The van der Waals surface area contributed by atoms with Gasteiger partial charge in [0.1, 0.15) is 0 Å². The predicted molar refractivity (Wildman–Crippen MR) is 99.3 cm³/mol. The molecule has 5 nitrogen and oxygen atoms in total. The Bertz CT molecular complexity index is 780. The number of aliphatic imine (C=N–C) groups is 1. The van der Waals surface area contributed by atoms with Gasteiger partial charge < -0.3 is 4.74 Å². The van der Waals surface area contributed by atoms with Crippen molar-refractivity contribution in [3.63, 3.8) is 0 Å². The molecule has 0 radical (unpaired) electrons. The summed E-state index contributed by atoms with van der Waals surface area (Å²) in [6, 6.07) is 7.57. The SMILES string of the molecule is COC(=O)C1=C(C)N=C2SC(C)C(=O)N2C1c1ccc(C(C)C)cc1. The standard InChI is InChI=1S/C19H22N2O3S/c1-10(2)13-6-8-14(9-7-13)16-15(18(23)24-5)11(3)20-19-21(16)17(22)12(4)25-19/h6-10,12,16H,1-5H3. The minimum absolute atomic E-state index is 0.0319. The molecule has 0 bridgehead atoms. The van der Waals surface area contributed by atoms with Crippen molar-refractivity contribution < 1.29 is 14.3 Å². The van der Waals surface area contributed by atoms with E-state index in [4.69, 9.17) is 4.74 Å². The zero-order valence-electron chi connectivity index (χ0n) is 15.1. The number of rotatable bonds is 3. The lowest BCUT2D eigenvalue weighted by Crippen LogP contribution is -2.40. The lowest BCUT2D eigenvalue weighted by Gasteiger charge is -2.33. The molecule has 2 atom stereocenters. The van der Waals surface area contributed by atoms with Gasteiger partial charge in [-0.3, -0.25) is 9.69 Å². The summed E-state index contributed by atoms with van der Waals surface area (Å²) in [5, 5.41) is 0.446. The first-order chi connectivity index (χ1) is 11.8. The van der Waals surface area contributed by atoms with Crippen LogP contribution < -0.4 is 0 Å². The Labute approximate surface area is 152 Å². The second kappa shape index (κ2) is 6.67. The van der Waals surface area contributed by atoms with E-state index in [9.17, 15) is 9.59 Å². The van der Waals surface area contributed by atoms with Crippen LogP contribution in [0.4, 0.5) is 0 Å². The van der Waals surface area contributed by atoms with Crippen molar-refractivity contribution >= 4 is 28.8 Å². The van der Waals surface area contributed by atoms with Crippen molar-refractivity contribution in [3.8, 4) is 0 Å². The fourth-order valence-corrected chi connectivity index (χ4v) is 4.18. The highest BCUT2D eigenvalue weighted by molar-refractivity contribution is 8.15. The maximum Gasteiger partial charge on any atom is 0.338 e. The van der Waals surface area contributed by atoms with Crippen LogP contribution in [0, 0.1) is 0 Å². The topological polar surface area (TPSA) is 59.0 Å². The molecule has 3 rings (SSSR count). The van der Waals surface area contributed by atoms with E-state index in [2.05, 4.69) is 18.8 Å². The van der Waals surface area contributed by atoms with Crippen LogP contribution in [-0.2, 0) is 14.3 Å². The average Bonchev–Trinajstić information content (AvgIpc) is 2.87. The zero-order chi connectivity index (χ0) is 18.3. The summed E-state index contributed by atoms with van der Waals surface area (Å²) in [4.78, 5) is 31.2. The molecule has 1 aromatic carbocycles. The highest BCUT2D eigenvalue weighted by Crippen LogP contribution is 2.43. The van der Waals surface area contributed by atoms with Gasteiger partial charge in [0.15, 0.2) is 5.17 Å². The summed E-state index contributed by atoms with van der Waals surface area (Å²) in [7, 11) is 1.35. The molecule has 0 N–H and O–H groups in total. The molecule has 6 heteroatoms. The fraction of sp³-hybridized carbons (Fsp3) is 0.421. The number of allylic oxidation sites excluding steroid dienone is 1. The van der Waals surface area contributed by atoms with Crippen LogP contribution in [0.3, 0.4) is 0 Å². The van der Waals surface area contributed by atoms with Gasteiger partial charge in [0.25, 0.3) is 0 Å². The molecule has 0 aliphatic carbocycles. The number of thioether (sulfide) groups is 1. The number of amides is 1. The van der Waals surface area contributed by atoms with E-state index in [0.29, 0.717) is 22.4 Å². The molecule has 1 saturated heterocycles. The van der Waals surface area contributed by atoms with Gasteiger partial charge in [-0.05, 0) is 30.9 Å².